The van der Waals surface area contributed by atoms with Crippen LogP contribution in [0.5, 0.6) is 11.5 Å². The van der Waals surface area contributed by atoms with Crippen LogP contribution in [0, 0.1) is 5.92 Å². The minimum atomic E-state index is -0.330. The van der Waals surface area contributed by atoms with E-state index in [9.17, 15) is 5.11 Å². The zero-order valence-electron chi connectivity index (χ0n) is 14.5. The third-order valence-electron chi connectivity index (χ3n) is 4.50. The van der Waals surface area contributed by atoms with Crippen molar-refractivity contribution in [1.29, 1.82) is 0 Å². The van der Waals surface area contributed by atoms with E-state index in [4.69, 9.17) is 9.47 Å². The summed E-state index contributed by atoms with van der Waals surface area (Å²) in [6, 6.07) is 5.87. The number of benzene rings is 1. The molecule has 1 aromatic rings. The van der Waals surface area contributed by atoms with E-state index in [2.05, 4.69) is 17.1 Å². The molecule has 2 rings (SSSR count). The Labute approximate surface area is 139 Å². The molecule has 0 radical (unpaired) electrons. The number of nitrogens with zero attached hydrogens (tertiary/aromatic N) is 1. The molecule has 0 spiro atoms. The molecule has 1 aliphatic rings. The van der Waals surface area contributed by atoms with Crippen molar-refractivity contribution in [3.8, 4) is 11.5 Å². The number of methoxy groups -OCH3 is 2. The van der Waals surface area contributed by atoms with E-state index >= 15 is 0 Å². The zero-order valence-corrected chi connectivity index (χ0v) is 14.5. The fourth-order valence-electron chi connectivity index (χ4n) is 2.98. The van der Waals surface area contributed by atoms with Crippen molar-refractivity contribution in [2.75, 3.05) is 40.4 Å². The Hall–Kier alpha value is -1.30. The Bertz CT molecular complexity index is 473. The summed E-state index contributed by atoms with van der Waals surface area (Å²) in [5.41, 5.74) is 1.11. The van der Waals surface area contributed by atoms with E-state index in [0.29, 0.717) is 13.1 Å². The van der Waals surface area contributed by atoms with Crippen molar-refractivity contribution in [2.45, 2.75) is 32.4 Å². The SMILES string of the molecule is COc1ccc(CNCC(O)CN2CCC(C)CC2)cc1OC. The highest BCUT2D eigenvalue weighted by Crippen LogP contribution is 2.27. The van der Waals surface area contributed by atoms with Crippen LogP contribution in [0.1, 0.15) is 25.3 Å². The molecule has 1 heterocycles. The summed E-state index contributed by atoms with van der Waals surface area (Å²) in [4.78, 5) is 2.36. The standard InChI is InChI=1S/C18H30N2O3/c1-14-6-8-20(9-7-14)13-16(21)12-19-11-15-4-5-17(22-2)18(10-15)23-3/h4-5,10,14,16,19,21H,6-9,11-13H2,1-3H3. The lowest BCUT2D eigenvalue weighted by Gasteiger charge is -2.31. The molecule has 1 atom stereocenters. The molecular formula is C18H30N2O3. The van der Waals surface area contributed by atoms with Gasteiger partial charge in [-0.3, -0.25) is 0 Å². The van der Waals surface area contributed by atoms with Crippen molar-refractivity contribution in [3.05, 3.63) is 23.8 Å². The molecule has 1 aliphatic heterocycles. The molecule has 1 saturated heterocycles. The van der Waals surface area contributed by atoms with Crippen LogP contribution in [-0.2, 0) is 6.54 Å². The van der Waals surface area contributed by atoms with Crippen molar-refractivity contribution < 1.29 is 14.6 Å². The number of ether oxygens (including phenoxy) is 2. The molecule has 1 aromatic carbocycles. The molecule has 130 valence electrons. The summed E-state index contributed by atoms with van der Waals surface area (Å²) in [6.45, 7) is 6.57. The van der Waals surface area contributed by atoms with Crippen LogP contribution in [0.2, 0.25) is 0 Å². The number of likely N-dealkylation sites (tertiary alicyclic amines) is 1. The summed E-state index contributed by atoms with van der Waals surface area (Å²) in [6.07, 6.45) is 2.15. The second-order valence-corrected chi connectivity index (χ2v) is 6.46. The maximum atomic E-state index is 10.2. The van der Waals surface area contributed by atoms with Crippen LogP contribution in [0.25, 0.3) is 0 Å². The maximum Gasteiger partial charge on any atom is 0.161 e. The highest BCUT2D eigenvalue weighted by Gasteiger charge is 2.18. The average Bonchev–Trinajstić information content (AvgIpc) is 2.56. The van der Waals surface area contributed by atoms with E-state index in [1.54, 1.807) is 14.2 Å². The first kappa shape index (κ1) is 18.0. The van der Waals surface area contributed by atoms with Gasteiger partial charge >= 0.3 is 0 Å². The molecule has 0 saturated carbocycles. The van der Waals surface area contributed by atoms with Crippen molar-refractivity contribution in [1.82, 2.24) is 10.2 Å². The largest absolute Gasteiger partial charge is 0.493 e. The number of hydrogen-bond donors (Lipinski definition) is 2. The third kappa shape index (κ3) is 5.68. The van der Waals surface area contributed by atoms with Crippen LogP contribution in [0.4, 0.5) is 0 Å². The van der Waals surface area contributed by atoms with Gasteiger partial charge in [0.05, 0.1) is 20.3 Å². The first-order valence-corrected chi connectivity index (χ1v) is 8.44. The summed E-state index contributed by atoms with van der Waals surface area (Å²) < 4.78 is 10.5. The fraction of sp³-hybridized carbons (Fsp3) is 0.667. The zero-order chi connectivity index (χ0) is 16.7. The van der Waals surface area contributed by atoms with E-state index < -0.39 is 0 Å². The average molecular weight is 322 g/mol. The van der Waals surface area contributed by atoms with E-state index in [1.165, 1.54) is 12.8 Å². The lowest BCUT2D eigenvalue weighted by atomic mass is 9.99. The van der Waals surface area contributed by atoms with Crippen LogP contribution in [0.15, 0.2) is 18.2 Å². The molecule has 0 bridgehead atoms. The van der Waals surface area contributed by atoms with Gasteiger partial charge in [0, 0.05) is 19.6 Å². The van der Waals surface area contributed by atoms with Gasteiger partial charge in [0.15, 0.2) is 11.5 Å². The number of β-amino-alcohol motifs (C(OH)–C–C–N with tert-alkyl or cyclic N) is 1. The topological polar surface area (TPSA) is 54.0 Å². The Morgan fingerprint density at radius 1 is 1.22 bits per heavy atom. The van der Waals surface area contributed by atoms with Crippen LogP contribution < -0.4 is 14.8 Å². The van der Waals surface area contributed by atoms with Gasteiger partial charge in [0.2, 0.25) is 0 Å². The number of rotatable bonds is 8. The smallest absolute Gasteiger partial charge is 0.161 e. The van der Waals surface area contributed by atoms with Gasteiger partial charge in [0.1, 0.15) is 0 Å². The van der Waals surface area contributed by atoms with Gasteiger partial charge in [-0.25, -0.2) is 0 Å². The van der Waals surface area contributed by atoms with Crippen LogP contribution in [-0.4, -0.2) is 56.5 Å². The highest BCUT2D eigenvalue weighted by atomic mass is 16.5. The summed E-state index contributed by atoms with van der Waals surface area (Å²) in [5, 5.41) is 13.5. The molecular weight excluding hydrogens is 292 g/mol. The minimum absolute atomic E-state index is 0.330. The molecule has 5 nitrogen and oxygen atoms in total. The van der Waals surface area contributed by atoms with Gasteiger partial charge < -0.3 is 24.8 Å². The number of aliphatic hydroxyl groups excluding tert-OH is 1. The predicted octanol–water partition coefficient (Wildman–Crippen LogP) is 1.89. The second kappa shape index (κ2) is 9.11. The van der Waals surface area contributed by atoms with E-state index in [0.717, 1.165) is 42.6 Å². The predicted molar refractivity (Wildman–Crippen MR) is 92.1 cm³/mol. The summed E-state index contributed by atoms with van der Waals surface area (Å²) >= 11 is 0. The van der Waals surface area contributed by atoms with Crippen LogP contribution >= 0.6 is 0 Å². The lowest BCUT2D eigenvalue weighted by molar-refractivity contribution is 0.0907. The second-order valence-electron chi connectivity index (χ2n) is 6.46. The number of aliphatic hydroxyl groups is 1. The number of hydrogen-bond acceptors (Lipinski definition) is 5. The molecule has 0 aliphatic carbocycles. The monoisotopic (exact) mass is 322 g/mol. The van der Waals surface area contributed by atoms with Gasteiger partial charge in [-0.2, -0.15) is 0 Å². The quantitative estimate of drug-likeness (QED) is 0.765. The van der Waals surface area contributed by atoms with Crippen molar-refractivity contribution in [2.24, 2.45) is 5.92 Å². The number of piperidine rings is 1. The van der Waals surface area contributed by atoms with Gasteiger partial charge in [-0.15, -0.1) is 0 Å². The van der Waals surface area contributed by atoms with Crippen LogP contribution in [0.3, 0.4) is 0 Å². The van der Waals surface area contributed by atoms with Crippen molar-refractivity contribution >= 4 is 0 Å². The Morgan fingerprint density at radius 3 is 2.57 bits per heavy atom. The summed E-state index contributed by atoms with van der Waals surface area (Å²) in [5.74, 6) is 2.29. The fourth-order valence-corrected chi connectivity index (χ4v) is 2.98. The highest BCUT2D eigenvalue weighted by molar-refractivity contribution is 5.42. The van der Waals surface area contributed by atoms with Gasteiger partial charge in [-0.1, -0.05) is 13.0 Å². The first-order chi connectivity index (χ1) is 11.1. The van der Waals surface area contributed by atoms with E-state index in [1.807, 2.05) is 18.2 Å². The molecule has 5 heteroatoms. The molecule has 1 fully saturated rings. The van der Waals surface area contributed by atoms with Gasteiger partial charge in [0.25, 0.3) is 0 Å². The van der Waals surface area contributed by atoms with Crippen molar-refractivity contribution in [3.63, 3.8) is 0 Å². The normalized spacial score (nSPS) is 17.9. The molecule has 1 unspecified atom stereocenters. The molecule has 23 heavy (non-hydrogen) atoms. The number of nitrogens with one attached hydrogen (secondary N) is 1. The maximum absolute atomic E-state index is 10.2. The summed E-state index contributed by atoms with van der Waals surface area (Å²) in [7, 11) is 3.27. The molecule has 0 aromatic heterocycles. The van der Waals surface area contributed by atoms with E-state index in [-0.39, 0.29) is 6.10 Å². The first-order valence-electron chi connectivity index (χ1n) is 8.44. The van der Waals surface area contributed by atoms with Gasteiger partial charge in [-0.05, 0) is 49.5 Å². The molecule has 0 amide bonds. The lowest BCUT2D eigenvalue weighted by Crippen LogP contribution is -2.41. The Kier molecular flexibility index (Phi) is 7.15. The molecule has 2 N–H and O–H groups in total. The minimum Gasteiger partial charge on any atom is -0.493 e. The Morgan fingerprint density at radius 2 is 1.91 bits per heavy atom. The third-order valence-corrected chi connectivity index (χ3v) is 4.50. The Balaban J connectivity index is 1.72.